The van der Waals surface area contributed by atoms with E-state index in [4.69, 9.17) is 15.2 Å². The Morgan fingerprint density at radius 3 is 2.47 bits per heavy atom. The standard InChI is InChI=1S/C13H22N2O2/c1-15(2)9-11(14)7-10-5-6-12(16-3)8-13(10)17-4/h5-6,8,11H,7,9,14H2,1-4H3. The highest BCUT2D eigenvalue weighted by Crippen LogP contribution is 2.25. The summed E-state index contributed by atoms with van der Waals surface area (Å²) in [6.07, 6.45) is 0.797. The van der Waals surface area contributed by atoms with E-state index in [1.807, 2.05) is 32.3 Å². The van der Waals surface area contributed by atoms with Crippen molar-refractivity contribution in [2.24, 2.45) is 5.73 Å². The van der Waals surface area contributed by atoms with E-state index in [-0.39, 0.29) is 6.04 Å². The first kappa shape index (κ1) is 13.8. The first-order valence-corrected chi connectivity index (χ1v) is 5.68. The lowest BCUT2D eigenvalue weighted by molar-refractivity contribution is 0.364. The van der Waals surface area contributed by atoms with Gasteiger partial charge in [0, 0.05) is 18.7 Å². The summed E-state index contributed by atoms with van der Waals surface area (Å²) in [4.78, 5) is 2.08. The Morgan fingerprint density at radius 2 is 1.94 bits per heavy atom. The molecule has 0 amide bonds. The van der Waals surface area contributed by atoms with Crippen LogP contribution in [-0.2, 0) is 6.42 Å². The molecule has 0 saturated heterocycles. The normalized spacial score (nSPS) is 12.6. The maximum atomic E-state index is 6.07. The summed E-state index contributed by atoms with van der Waals surface area (Å²) in [5, 5.41) is 0. The van der Waals surface area contributed by atoms with Crippen LogP contribution in [0.1, 0.15) is 5.56 Å². The minimum Gasteiger partial charge on any atom is -0.497 e. The third-order valence-corrected chi connectivity index (χ3v) is 2.58. The van der Waals surface area contributed by atoms with Gasteiger partial charge in [-0.2, -0.15) is 0 Å². The number of benzene rings is 1. The van der Waals surface area contributed by atoms with Gasteiger partial charge in [0.05, 0.1) is 14.2 Å². The summed E-state index contributed by atoms with van der Waals surface area (Å²) in [5.41, 5.74) is 7.19. The molecule has 0 spiro atoms. The lowest BCUT2D eigenvalue weighted by Gasteiger charge is -2.18. The minimum atomic E-state index is 0.104. The Labute approximate surface area is 103 Å². The summed E-state index contributed by atoms with van der Waals surface area (Å²) in [7, 11) is 7.35. The molecule has 0 saturated carbocycles. The van der Waals surface area contributed by atoms with Crippen LogP contribution < -0.4 is 15.2 Å². The topological polar surface area (TPSA) is 47.7 Å². The molecule has 0 fully saturated rings. The number of rotatable bonds is 6. The number of nitrogens with zero attached hydrogens (tertiary/aromatic N) is 1. The molecule has 1 rings (SSSR count). The second kappa shape index (κ2) is 6.47. The highest BCUT2D eigenvalue weighted by atomic mass is 16.5. The van der Waals surface area contributed by atoms with Crippen molar-refractivity contribution in [3.8, 4) is 11.5 Å². The second-order valence-corrected chi connectivity index (χ2v) is 4.40. The Hall–Kier alpha value is -1.26. The van der Waals surface area contributed by atoms with Crippen molar-refractivity contribution in [2.75, 3.05) is 34.9 Å². The van der Waals surface area contributed by atoms with E-state index < -0.39 is 0 Å². The number of methoxy groups -OCH3 is 2. The molecule has 1 aromatic rings. The summed E-state index contributed by atoms with van der Waals surface area (Å²) < 4.78 is 10.5. The largest absolute Gasteiger partial charge is 0.497 e. The van der Waals surface area contributed by atoms with Crippen molar-refractivity contribution in [2.45, 2.75) is 12.5 Å². The van der Waals surface area contributed by atoms with E-state index in [1.54, 1.807) is 14.2 Å². The quantitative estimate of drug-likeness (QED) is 0.807. The number of ether oxygens (including phenoxy) is 2. The summed E-state index contributed by atoms with van der Waals surface area (Å²) in [6, 6.07) is 5.93. The molecule has 1 unspecified atom stereocenters. The highest BCUT2D eigenvalue weighted by molar-refractivity contribution is 5.41. The van der Waals surface area contributed by atoms with Gasteiger partial charge in [0.25, 0.3) is 0 Å². The monoisotopic (exact) mass is 238 g/mol. The van der Waals surface area contributed by atoms with Crippen molar-refractivity contribution >= 4 is 0 Å². The molecular weight excluding hydrogens is 216 g/mol. The van der Waals surface area contributed by atoms with Gasteiger partial charge in [-0.25, -0.2) is 0 Å². The zero-order valence-electron chi connectivity index (χ0n) is 11.1. The van der Waals surface area contributed by atoms with Crippen LogP contribution in [0.2, 0.25) is 0 Å². The third-order valence-electron chi connectivity index (χ3n) is 2.58. The van der Waals surface area contributed by atoms with Crippen molar-refractivity contribution in [1.29, 1.82) is 0 Å². The second-order valence-electron chi connectivity index (χ2n) is 4.40. The fraction of sp³-hybridized carbons (Fsp3) is 0.538. The number of likely N-dealkylation sites (N-methyl/N-ethyl adjacent to an activating group) is 1. The van der Waals surface area contributed by atoms with Crippen LogP contribution in [0.25, 0.3) is 0 Å². The summed E-state index contributed by atoms with van der Waals surface area (Å²) in [6.45, 7) is 0.856. The first-order chi connectivity index (χ1) is 8.06. The minimum absolute atomic E-state index is 0.104. The van der Waals surface area contributed by atoms with Crippen LogP contribution in [0.5, 0.6) is 11.5 Å². The van der Waals surface area contributed by atoms with E-state index in [2.05, 4.69) is 4.90 Å². The molecule has 96 valence electrons. The lowest BCUT2D eigenvalue weighted by Crippen LogP contribution is -2.34. The fourth-order valence-corrected chi connectivity index (χ4v) is 1.84. The molecule has 0 bridgehead atoms. The Kier molecular flexibility index (Phi) is 5.25. The zero-order valence-corrected chi connectivity index (χ0v) is 11.1. The SMILES string of the molecule is COc1ccc(CC(N)CN(C)C)c(OC)c1. The first-order valence-electron chi connectivity index (χ1n) is 5.68. The third kappa shape index (κ3) is 4.24. The fourth-order valence-electron chi connectivity index (χ4n) is 1.84. The molecule has 0 aromatic heterocycles. The van der Waals surface area contributed by atoms with E-state index in [0.29, 0.717) is 0 Å². The van der Waals surface area contributed by atoms with Gasteiger partial charge in [-0.05, 0) is 32.1 Å². The Balaban J connectivity index is 2.76. The van der Waals surface area contributed by atoms with Gasteiger partial charge in [0.2, 0.25) is 0 Å². The number of hydrogen-bond donors (Lipinski definition) is 1. The Morgan fingerprint density at radius 1 is 1.24 bits per heavy atom. The number of hydrogen-bond acceptors (Lipinski definition) is 4. The van der Waals surface area contributed by atoms with Crippen molar-refractivity contribution in [1.82, 2.24) is 4.90 Å². The molecule has 0 aliphatic rings. The zero-order chi connectivity index (χ0) is 12.8. The van der Waals surface area contributed by atoms with Gasteiger partial charge in [-0.3, -0.25) is 0 Å². The molecule has 0 aliphatic heterocycles. The molecule has 4 heteroatoms. The van der Waals surface area contributed by atoms with Gasteiger partial charge < -0.3 is 20.1 Å². The van der Waals surface area contributed by atoms with E-state index in [0.717, 1.165) is 30.0 Å². The average molecular weight is 238 g/mol. The van der Waals surface area contributed by atoms with Gasteiger partial charge in [-0.15, -0.1) is 0 Å². The molecule has 0 heterocycles. The molecular formula is C13H22N2O2. The van der Waals surface area contributed by atoms with Crippen LogP contribution in [0.15, 0.2) is 18.2 Å². The Bertz CT molecular complexity index is 353. The van der Waals surface area contributed by atoms with Gasteiger partial charge in [0.15, 0.2) is 0 Å². The molecule has 0 radical (unpaired) electrons. The molecule has 4 nitrogen and oxygen atoms in total. The molecule has 0 aliphatic carbocycles. The van der Waals surface area contributed by atoms with Gasteiger partial charge in [-0.1, -0.05) is 6.07 Å². The summed E-state index contributed by atoms with van der Waals surface area (Å²) in [5.74, 6) is 1.63. The van der Waals surface area contributed by atoms with E-state index in [1.165, 1.54) is 0 Å². The highest BCUT2D eigenvalue weighted by Gasteiger charge is 2.10. The molecule has 2 N–H and O–H groups in total. The molecule has 17 heavy (non-hydrogen) atoms. The van der Waals surface area contributed by atoms with Gasteiger partial charge >= 0.3 is 0 Å². The van der Waals surface area contributed by atoms with E-state index in [9.17, 15) is 0 Å². The average Bonchev–Trinajstić information content (AvgIpc) is 2.28. The van der Waals surface area contributed by atoms with Crippen LogP contribution >= 0.6 is 0 Å². The molecule has 1 atom stereocenters. The van der Waals surface area contributed by atoms with Crippen LogP contribution in [0.3, 0.4) is 0 Å². The smallest absolute Gasteiger partial charge is 0.125 e. The lowest BCUT2D eigenvalue weighted by atomic mass is 10.0. The predicted molar refractivity (Wildman–Crippen MR) is 69.8 cm³/mol. The van der Waals surface area contributed by atoms with E-state index >= 15 is 0 Å². The van der Waals surface area contributed by atoms with Crippen LogP contribution in [0, 0.1) is 0 Å². The van der Waals surface area contributed by atoms with Crippen LogP contribution in [-0.4, -0.2) is 45.8 Å². The number of nitrogens with two attached hydrogens (primary N) is 1. The maximum Gasteiger partial charge on any atom is 0.125 e. The van der Waals surface area contributed by atoms with Crippen molar-refractivity contribution in [3.63, 3.8) is 0 Å². The van der Waals surface area contributed by atoms with Gasteiger partial charge in [0.1, 0.15) is 11.5 Å². The predicted octanol–water partition coefficient (Wildman–Crippen LogP) is 1.14. The summed E-state index contributed by atoms with van der Waals surface area (Å²) >= 11 is 0. The van der Waals surface area contributed by atoms with Crippen molar-refractivity contribution in [3.05, 3.63) is 23.8 Å². The molecule has 1 aromatic carbocycles. The maximum absolute atomic E-state index is 6.07. The van der Waals surface area contributed by atoms with Crippen LogP contribution in [0.4, 0.5) is 0 Å². The van der Waals surface area contributed by atoms with Crippen molar-refractivity contribution < 1.29 is 9.47 Å².